The van der Waals surface area contributed by atoms with E-state index in [1.807, 2.05) is 0 Å². The summed E-state index contributed by atoms with van der Waals surface area (Å²) in [6.45, 7) is 0.235. The van der Waals surface area contributed by atoms with E-state index in [0.717, 1.165) is 0 Å². The zero-order valence-electron chi connectivity index (χ0n) is 11.3. The van der Waals surface area contributed by atoms with Crippen molar-refractivity contribution in [2.75, 3.05) is 19.5 Å². The van der Waals surface area contributed by atoms with Gasteiger partial charge in [0.05, 0.1) is 31.5 Å². The predicted octanol–water partition coefficient (Wildman–Crippen LogP) is 2.66. The minimum Gasteiger partial charge on any atom is -0.495 e. The number of rotatable bonds is 6. The molecule has 1 heterocycles. The molecular formula is C13H13ClN2O5. The topological polar surface area (TPSA) is 93.8 Å². The van der Waals surface area contributed by atoms with Crippen molar-refractivity contribution in [1.82, 2.24) is 5.16 Å². The highest BCUT2D eigenvalue weighted by Gasteiger charge is 2.13. The minimum atomic E-state index is -1.14. The molecule has 0 amide bonds. The van der Waals surface area contributed by atoms with Crippen LogP contribution < -0.4 is 14.8 Å². The number of nitrogens with one attached hydrogen (secondary N) is 1. The number of hydrogen-bond acceptors (Lipinski definition) is 6. The molecule has 2 aromatic rings. The van der Waals surface area contributed by atoms with E-state index in [2.05, 4.69) is 10.5 Å². The fourth-order valence-corrected chi connectivity index (χ4v) is 1.92. The van der Waals surface area contributed by atoms with E-state index in [1.165, 1.54) is 20.3 Å². The van der Waals surface area contributed by atoms with Crippen molar-refractivity contribution >= 4 is 23.3 Å². The predicted molar refractivity (Wildman–Crippen MR) is 75.3 cm³/mol. The summed E-state index contributed by atoms with van der Waals surface area (Å²) in [4.78, 5) is 10.7. The first-order valence-corrected chi connectivity index (χ1v) is 6.27. The minimum absolute atomic E-state index is 0.147. The van der Waals surface area contributed by atoms with Crippen LogP contribution in [0.4, 0.5) is 5.69 Å². The maximum Gasteiger partial charge on any atom is 0.358 e. The van der Waals surface area contributed by atoms with Crippen LogP contribution in [-0.2, 0) is 6.54 Å². The molecule has 0 bridgehead atoms. The molecule has 8 heteroatoms. The van der Waals surface area contributed by atoms with E-state index < -0.39 is 5.97 Å². The van der Waals surface area contributed by atoms with Crippen LogP contribution in [0, 0.1) is 0 Å². The average molecular weight is 313 g/mol. The molecular weight excluding hydrogens is 300 g/mol. The summed E-state index contributed by atoms with van der Waals surface area (Å²) in [5, 5.41) is 15.6. The Morgan fingerprint density at radius 3 is 2.62 bits per heavy atom. The number of carboxylic acids is 1. The maximum absolute atomic E-state index is 10.7. The van der Waals surface area contributed by atoms with Crippen LogP contribution in [0.1, 0.15) is 16.2 Å². The SMILES string of the molecule is COc1cc(OC)c(NCc2cc(C(=O)O)no2)cc1Cl. The van der Waals surface area contributed by atoms with Gasteiger partial charge < -0.3 is 24.4 Å². The quantitative estimate of drug-likeness (QED) is 0.846. The second kappa shape index (κ2) is 6.36. The van der Waals surface area contributed by atoms with Gasteiger partial charge in [0.2, 0.25) is 0 Å². The maximum atomic E-state index is 10.7. The molecule has 2 N–H and O–H groups in total. The number of anilines is 1. The number of nitrogens with zero attached hydrogens (tertiary/aromatic N) is 1. The van der Waals surface area contributed by atoms with E-state index in [0.29, 0.717) is 28.0 Å². The molecule has 0 radical (unpaired) electrons. The summed E-state index contributed by atoms with van der Waals surface area (Å²) < 4.78 is 15.2. The lowest BCUT2D eigenvalue weighted by atomic mass is 10.2. The average Bonchev–Trinajstić information content (AvgIpc) is 2.94. The zero-order chi connectivity index (χ0) is 15.4. The smallest absolute Gasteiger partial charge is 0.358 e. The molecule has 21 heavy (non-hydrogen) atoms. The first-order valence-electron chi connectivity index (χ1n) is 5.89. The third kappa shape index (κ3) is 3.38. The van der Waals surface area contributed by atoms with Gasteiger partial charge in [-0.25, -0.2) is 4.79 Å². The highest BCUT2D eigenvalue weighted by Crippen LogP contribution is 2.36. The molecule has 1 aromatic carbocycles. The third-order valence-corrected chi connectivity index (χ3v) is 3.00. The van der Waals surface area contributed by atoms with Crippen molar-refractivity contribution in [3.8, 4) is 11.5 Å². The van der Waals surface area contributed by atoms with Crippen LogP contribution in [-0.4, -0.2) is 30.5 Å². The van der Waals surface area contributed by atoms with Crippen LogP contribution in [0.5, 0.6) is 11.5 Å². The number of ether oxygens (including phenoxy) is 2. The molecule has 0 aliphatic heterocycles. The molecule has 0 fully saturated rings. The van der Waals surface area contributed by atoms with Crippen molar-refractivity contribution in [3.05, 3.63) is 34.7 Å². The first kappa shape index (κ1) is 15.0. The molecule has 0 spiro atoms. The van der Waals surface area contributed by atoms with Crippen molar-refractivity contribution in [1.29, 1.82) is 0 Å². The molecule has 1 aromatic heterocycles. The van der Waals surface area contributed by atoms with Crippen molar-refractivity contribution in [2.24, 2.45) is 0 Å². The summed E-state index contributed by atoms with van der Waals surface area (Å²) in [6, 6.07) is 4.63. The highest BCUT2D eigenvalue weighted by atomic mass is 35.5. The second-order valence-corrected chi connectivity index (χ2v) is 4.43. The highest BCUT2D eigenvalue weighted by molar-refractivity contribution is 6.32. The summed E-state index contributed by atoms with van der Waals surface area (Å²) in [6.07, 6.45) is 0. The normalized spacial score (nSPS) is 10.2. The van der Waals surface area contributed by atoms with Gasteiger partial charge in [0.15, 0.2) is 11.5 Å². The lowest BCUT2D eigenvalue weighted by Crippen LogP contribution is -2.01. The molecule has 7 nitrogen and oxygen atoms in total. The molecule has 2 rings (SSSR count). The van der Waals surface area contributed by atoms with Crippen LogP contribution in [0.3, 0.4) is 0 Å². The van der Waals surface area contributed by atoms with E-state index >= 15 is 0 Å². The molecule has 112 valence electrons. The van der Waals surface area contributed by atoms with Crippen molar-refractivity contribution in [3.63, 3.8) is 0 Å². The van der Waals surface area contributed by atoms with Gasteiger partial charge in [0.1, 0.15) is 11.5 Å². The number of halogens is 1. The molecule has 0 saturated heterocycles. The van der Waals surface area contributed by atoms with Gasteiger partial charge in [-0.05, 0) is 6.07 Å². The molecule has 0 unspecified atom stereocenters. The summed E-state index contributed by atoms with van der Waals surface area (Å²) >= 11 is 6.05. The second-order valence-electron chi connectivity index (χ2n) is 4.02. The Balaban J connectivity index is 2.15. The van der Waals surface area contributed by atoms with Gasteiger partial charge in [-0.3, -0.25) is 0 Å². The fraction of sp³-hybridized carbons (Fsp3) is 0.231. The summed E-state index contributed by atoms with van der Waals surface area (Å²) in [5.41, 5.74) is 0.475. The van der Waals surface area contributed by atoms with Gasteiger partial charge in [-0.1, -0.05) is 16.8 Å². The van der Waals surface area contributed by atoms with E-state index in [9.17, 15) is 4.79 Å². The number of carbonyl (C=O) groups is 1. The van der Waals surface area contributed by atoms with Crippen LogP contribution in [0.2, 0.25) is 5.02 Å². The Bertz CT molecular complexity index is 656. The summed E-state index contributed by atoms with van der Waals surface area (Å²) in [5.74, 6) is 0.262. The Labute approximate surface area is 125 Å². The number of hydrogen-bond donors (Lipinski definition) is 2. The number of aromatic nitrogens is 1. The Morgan fingerprint density at radius 1 is 1.33 bits per heavy atom. The summed E-state index contributed by atoms with van der Waals surface area (Å²) in [7, 11) is 3.03. The standard InChI is InChI=1S/C13H13ClN2O5/c1-19-11-5-12(20-2)9(4-8(11)14)15-6-7-3-10(13(17)18)16-21-7/h3-5,15H,6H2,1-2H3,(H,17,18). The largest absolute Gasteiger partial charge is 0.495 e. The number of benzene rings is 1. The van der Waals surface area contributed by atoms with E-state index in [4.69, 9.17) is 30.7 Å². The van der Waals surface area contributed by atoms with Crippen LogP contribution >= 0.6 is 11.6 Å². The monoisotopic (exact) mass is 312 g/mol. The van der Waals surface area contributed by atoms with Crippen LogP contribution in [0.25, 0.3) is 0 Å². The number of aromatic carboxylic acids is 1. The van der Waals surface area contributed by atoms with Gasteiger partial charge in [0, 0.05) is 12.1 Å². The van der Waals surface area contributed by atoms with Gasteiger partial charge >= 0.3 is 5.97 Å². The van der Waals surface area contributed by atoms with Crippen LogP contribution in [0.15, 0.2) is 22.7 Å². The zero-order valence-corrected chi connectivity index (χ0v) is 12.1. The molecule has 0 aliphatic carbocycles. The number of carboxylic acid groups (broad SMARTS) is 1. The van der Waals surface area contributed by atoms with Crippen molar-refractivity contribution in [2.45, 2.75) is 6.54 Å². The lowest BCUT2D eigenvalue weighted by Gasteiger charge is -2.12. The van der Waals surface area contributed by atoms with E-state index in [1.54, 1.807) is 12.1 Å². The third-order valence-electron chi connectivity index (χ3n) is 2.71. The Kier molecular flexibility index (Phi) is 4.54. The first-order chi connectivity index (χ1) is 10.0. The Hall–Kier alpha value is -2.41. The van der Waals surface area contributed by atoms with Gasteiger partial charge in [-0.15, -0.1) is 0 Å². The molecule has 0 aliphatic rings. The van der Waals surface area contributed by atoms with Crippen molar-refractivity contribution < 1.29 is 23.9 Å². The van der Waals surface area contributed by atoms with Gasteiger partial charge in [-0.2, -0.15) is 0 Å². The van der Waals surface area contributed by atoms with E-state index in [-0.39, 0.29) is 12.2 Å². The number of methoxy groups -OCH3 is 2. The molecule has 0 atom stereocenters. The lowest BCUT2D eigenvalue weighted by molar-refractivity contribution is 0.0685. The van der Waals surface area contributed by atoms with Gasteiger partial charge in [0.25, 0.3) is 0 Å². The Morgan fingerprint density at radius 2 is 2.05 bits per heavy atom. The fourth-order valence-electron chi connectivity index (χ4n) is 1.68. The molecule has 0 saturated carbocycles.